The van der Waals surface area contributed by atoms with Crippen LogP contribution in [0.4, 0.5) is 4.79 Å². The van der Waals surface area contributed by atoms with Gasteiger partial charge >= 0.3 is 6.03 Å². The summed E-state index contributed by atoms with van der Waals surface area (Å²) in [5.41, 5.74) is 0. The van der Waals surface area contributed by atoms with Gasteiger partial charge in [0.25, 0.3) is 6.47 Å². The number of urea groups is 1. The molecule has 0 aromatic heterocycles. The van der Waals surface area contributed by atoms with Crippen molar-refractivity contribution in [1.29, 1.82) is 0 Å². The van der Waals surface area contributed by atoms with E-state index >= 15 is 0 Å². The van der Waals surface area contributed by atoms with Crippen molar-refractivity contribution in [1.82, 2.24) is 10.2 Å². The van der Waals surface area contributed by atoms with Crippen molar-refractivity contribution in [3.05, 3.63) is 0 Å². The van der Waals surface area contributed by atoms with Gasteiger partial charge in [0, 0.05) is 7.05 Å². The number of hydrogen-bond donors (Lipinski definition) is 2. The van der Waals surface area contributed by atoms with Crippen molar-refractivity contribution in [2.24, 2.45) is 0 Å². The summed E-state index contributed by atoms with van der Waals surface area (Å²) in [6.07, 6.45) is 0. The van der Waals surface area contributed by atoms with Crippen LogP contribution in [0.15, 0.2) is 0 Å². The molecule has 0 aromatic rings. The van der Waals surface area contributed by atoms with Gasteiger partial charge < -0.3 is 10.0 Å². The van der Waals surface area contributed by atoms with Gasteiger partial charge in [-0.15, -0.1) is 0 Å². The number of amides is 3. The van der Waals surface area contributed by atoms with Gasteiger partial charge in [0.1, 0.15) is 6.54 Å². The molecular formula is C5H8N2O4. The summed E-state index contributed by atoms with van der Waals surface area (Å²) in [5, 5.41) is 9.00. The summed E-state index contributed by atoms with van der Waals surface area (Å²) in [6, 6.07) is -0.310. The Bertz CT molecular complexity index is 179. The van der Waals surface area contributed by atoms with Crippen LogP contribution in [0.3, 0.4) is 0 Å². The molecule has 1 saturated heterocycles. The second-order valence-electron chi connectivity index (χ2n) is 1.81. The number of carboxylic acid groups (broad SMARTS) is 1. The molecule has 62 valence electrons. The number of nitrogens with zero attached hydrogens (tertiary/aromatic N) is 1. The van der Waals surface area contributed by atoms with Gasteiger partial charge in [-0.25, -0.2) is 4.79 Å². The zero-order valence-electron chi connectivity index (χ0n) is 5.90. The van der Waals surface area contributed by atoms with E-state index in [1.807, 2.05) is 0 Å². The fraction of sp³-hybridized carbons (Fsp3) is 0.400. The number of rotatable bonds is 0. The Morgan fingerprint density at radius 2 is 2.09 bits per heavy atom. The predicted octanol–water partition coefficient (Wildman–Crippen LogP) is -1.13. The molecule has 6 nitrogen and oxygen atoms in total. The lowest BCUT2D eigenvalue weighted by molar-refractivity contribution is -0.123. The lowest BCUT2D eigenvalue weighted by atomic mass is 10.6. The summed E-state index contributed by atoms with van der Waals surface area (Å²) in [6.45, 7) is -0.0567. The van der Waals surface area contributed by atoms with Crippen LogP contribution in [0.5, 0.6) is 0 Å². The molecule has 1 rings (SSSR count). The molecule has 0 saturated carbocycles. The summed E-state index contributed by atoms with van der Waals surface area (Å²) >= 11 is 0. The number of imide groups is 1. The molecule has 1 fully saturated rings. The number of hydrogen-bond acceptors (Lipinski definition) is 3. The molecule has 3 amide bonds. The average Bonchev–Trinajstić information content (AvgIpc) is 2.12. The maximum Gasteiger partial charge on any atom is 0.324 e. The largest absolute Gasteiger partial charge is 0.483 e. The van der Waals surface area contributed by atoms with E-state index in [2.05, 4.69) is 5.32 Å². The Morgan fingerprint density at radius 3 is 2.18 bits per heavy atom. The van der Waals surface area contributed by atoms with Crippen LogP contribution in [-0.2, 0) is 9.59 Å². The van der Waals surface area contributed by atoms with Crippen LogP contribution in [0.25, 0.3) is 0 Å². The smallest absolute Gasteiger partial charge is 0.324 e. The molecule has 0 aliphatic carbocycles. The topological polar surface area (TPSA) is 86.7 Å². The Morgan fingerprint density at radius 1 is 1.64 bits per heavy atom. The minimum atomic E-state index is -0.310. The number of carbonyl (C=O) groups excluding carboxylic acids is 2. The van der Waals surface area contributed by atoms with E-state index in [1.54, 1.807) is 7.05 Å². The van der Waals surface area contributed by atoms with Crippen LogP contribution < -0.4 is 5.32 Å². The van der Waals surface area contributed by atoms with E-state index in [-0.39, 0.29) is 25.0 Å². The zero-order chi connectivity index (χ0) is 8.85. The number of nitrogens with one attached hydrogen (secondary N) is 1. The van der Waals surface area contributed by atoms with E-state index in [4.69, 9.17) is 9.90 Å². The maximum atomic E-state index is 10.4. The fourth-order valence-corrected chi connectivity index (χ4v) is 0.541. The standard InChI is InChI=1S/C4H6N2O2.CH2O2/c1-6-2-3(7)5-4(6)8;2-1-3/h2H2,1H3,(H,5,7,8);1H,(H,2,3). The van der Waals surface area contributed by atoms with Crippen LogP contribution in [-0.4, -0.2) is 42.0 Å². The lowest BCUT2D eigenvalue weighted by Crippen LogP contribution is -2.24. The normalized spacial score (nSPS) is 15.2. The summed E-state index contributed by atoms with van der Waals surface area (Å²) in [5.74, 6) is -0.225. The fourth-order valence-electron chi connectivity index (χ4n) is 0.541. The monoisotopic (exact) mass is 160 g/mol. The van der Waals surface area contributed by atoms with Crippen LogP contribution in [0, 0.1) is 0 Å². The van der Waals surface area contributed by atoms with E-state index in [1.165, 1.54) is 4.90 Å². The second kappa shape index (κ2) is 4.26. The molecule has 1 aliphatic rings. The first kappa shape index (κ1) is 9.41. The molecular weight excluding hydrogens is 152 g/mol. The van der Waals surface area contributed by atoms with E-state index in [9.17, 15) is 9.59 Å². The van der Waals surface area contributed by atoms with Crippen LogP contribution >= 0.6 is 0 Å². The Kier molecular flexibility index (Phi) is 3.65. The van der Waals surface area contributed by atoms with Crippen LogP contribution in [0.2, 0.25) is 0 Å². The van der Waals surface area contributed by atoms with Crippen molar-refractivity contribution in [3.63, 3.8) is 0 Å². The Labute approximate surface area is 62.8 Å². The summed E-state index contributed by atoms with van der Waals surface area (Å²) < 4.78 is 0. The lowest BCUT2D eigenvalue weighted by Gasteiger charge is -1.99. The molecule has 0 aromatic carbocycles. The van der Waals surface area contributed by atoms with Crippen molar-refractivity contribution in [2.75, 3.05) is 13.6 Å². The van der Waals surface area contributed by atoms with Crippen molar-refractivity contribution in [2.45, 2.75) is 0 Å². The number of carbonyl (C=O) groups is 3. The third-order valence-corrected chi connectivity index (χ3v) is 0.974. The van der Waals surface area contributed by atoms with E-state index in [0.29, 0.717) is 0 Å². The highest BCUT2D eigenvalue weighted by Gasteiger charge is 2.21. The summed E-state index contributed by atoms with van der Waals surface area (Å²) in [4.78, 5) is 30.4. The van der Waals surface area contributed by atoms with E-state index in [0.717, 1.165) is 0 Å². The minimum Gasteiger partial charge on any atom is -0.483 e. The molecule has 0 radical (unpaired) electrons. The molecule has 1 heterocycles. The average molecular weight is 160 g/mol. The quantitative estimate of drug-likeness (QED) is 0.346. The van der Waals surface area contributed by atoms with Gasteiger partial charge in [0.15, 0.2) is 0 Å². The maximum absolute atomic E-state index is 10.4. The molecule has 11 heavy (non-hydrogen) atoms. The molecule has 1 aliphatic heterocycles. The van der Waals surface area contributed by atoms with Gasteiger partial charge in [-0.3, -0.25) is 14.9 Å². The molecule has 0 unspecified atom stereocenters. The second-order valence-corrected chi connectivity index (χ2v) is 1.81. The molecule has 0 atom stereocenters. The SMILES string of the molecule is CN1CC(=O)NC1=O.O=CO. The Hall–Kier alpha value is -1.59. The first-order valence-corrected chi connectivity index (χ1v) is 2.74. The van der Waals surface area contributed by atoms with Gasteiger partial charge in [0.2, 0.25) is 5.91 Å². The van der Waals surface area contributed by atoms with Gasteiger partial charge in [-0.2, -0.15) is 0 Å². The molecule has 2 N–H and O–H groups in total. The first-order chi connectivity index (χ1) is 5.11. The third kappa shape index (κ3) is 3.19. The van der Waals surface area contributed by atoms with Crippen molar-refractivity contribution in [3.8, 4) is 0 Å². The van der Waals surface area contributed by atoms with Gasteiger partial charge in [-0.05, 0) is 0 Å². The van der Waals surface area contributed by atoms with Crippen molar-refractivity contribution < 1.29 is 19.5 Å². The van der Waals surface area contributed by atoms with Gasteiger partial charge in [-0.1, -0.05) is 0 Å². The van der Waals surface area contributed by atoms with E-state index < -0.39 is 0 Å². The highest BCUT2D eigenvalue weighted by atomic mass is 16.3. The van der Waals surface area contributed by atoms with Crippen molar-refractivity contribution >= 4 is 18.4 Å². The molecule has 0 spiro atoms. The third-order valence-electron chi connectivity index (χ3n) is 0.974. The van der Waals surface area contributed by atoms with Crippen LogP contribution in [0.1, 0.15) is 0 Å². The highest BCUT2D eigenvalue weighted by Crippen LogP contribution is 1.90. The predicted molar refractivity (Wildman–Crippen MR) is 34.9 cm³/mol. The Balaban J connectivity index is 0.000000292. The molecule has 0 bridgehead atoms. The first-order valence-electron chi connectivity index (χ1n) is 2.74. The zero-order valence-corrected chi connectivity index (χ0v) is 5.90. The minimum absolute atomic E-state index is 0.193. The van der Waals surface area contributed by atoms with Gasteiger partial charge in [0.05, 0.1) is 0 Å². The molecule has 6 heteroatoms. The number of likely N-dealkylation sites (N-methyl/N-ethyl adjacent to an activating group) is 1. The highest BCUT2D eigenvalue weighted by molar-refractivity contribution is 6.01. The summed E-state index contributed by atoms with van der Waals surface area (Å²) in [7, 11) is 1.57.